The number of thiol groups is 1. The van der Waals surface area contributed by atoms with Gasteiger partial charge in [-0.3, -0.25) is 23.9 Å². The number of aldehydes is 1. The summed E-state index contributed by atoms with van der Waals surface area (Å²) in [6.07, 6.45) is 22.6. The first-order valence-corrected chi connectivity index (χ1v) is 20.7. The fourth-order valence-corrected chi connectivity index (χ4v) is 6.92. The van der Waals surface area contributed by atoms with Gasteiger partial charge < -0.3 is 31.0 Å². The van der Waals surface area contributed by atoms with E-state index in [4.69, 9.17) is 5.11 Å². The van der Waals surface area contributed by atoms with Gasteiger partial charge in [0.15, 0.2) is 0 Å². The number of aliphatic hydroxyl groups is 1. The number of rotatable bonds is 30. The summed E-state index contributed by atoms with van der Waals surface area (Å²) in [7, 11) is 2.69. The van der Waals surface area contributed by atoms with Crippen LogP contribution in [0, 0.1) is 0 Å². The van der Waals surface area contributed by atoms with Gasteiger partial charge in [0, 0.05) is 69.4 Å². The Hall–Kier alpha value is -1.82. The molecule has 0 bridgehead atoms. The number of Topliss-reactive ketones (excluding diaryl/α,β-unsaturated/α-hetero) is 1. The number of carboxylic acids is 1. The zero-order valence-electron chi connectivity index (χ0n) is 32.1. The molecule has 1 aliphatic rings. The molecule has 1 saturated heterocycles. The molecule has 0 aliphatic carbocycles. The fourth-order valence-electron chi connectivity index (χ4n) is 5.74. The van der Waals surface area contributed by atoms with Crippen molar-refractivity contribution in [1.29, 1.82) is 0 Å². The van der Waals surface area contributed by atoms with E-state index in [0.717, 1.165) is 71.3 Å². The molecule has 0 radical (unpaired) electrons. The number of aliphatic hydroxyl groups excluding tert-OH is 1. The van der Waals surface area contributed by atoms with E-state index in [2.05, 4.69) is 59.5 Å². The molecule has 0 aromatic rings. The van der Waals surface area contributed by atoms with Gasteiger partial charge in [0.05, 0.1) is 12.1 Å². The quantitative estimate of drug-likeness (QED) is 0.0157. The third-order valence-electron chi connectivity index (χ3n) is 8.89. The molecule has 3 unspecified atom stereocenters. The minimum atomic E-state index is -1.13. The number of hydrogen-bond donors (Lipinski definition) is 7. The monoisotopic (exact) mass is 871 g/mol. The zero-order chi connectivity index (χ0) is 39.4. The van der Waals surface area contributed by atoms with Gasteiger partial charge in [-0.15, -0.1) is 0 Å². The number of halogens is 1. The highest BCUT2D eigenvalue weighted by Crippen LogP contribution is 2.20. The van der Waals surface area contributed by atoms with Crippen molar-refractivity contribution in [2.45, 2.75) is 173 Å². The minimum Gasteiger partial charge on any atom is -0.480 e. The molecule has 1 fully saturated rings. The molecule has 52 heavy (non-hydrogen) atoms. The summed E-state index contributed by atoms with van der Waals surface area (Å²) in [4.78, 5) is 68.5. The van der Waals surface area contributed by atoms with E-state index in [1.165, 1.54) is 64.7 Å². The van der Waals surface area contributed by atoms with Gasteiger partial charge in [0.1, 0.15) is 18.1 Å². The maximum absolute atomic E-state index is 12.2. The van der Waals surface area contributed by atoms with E-state index in [-0.39, 0.29) is 48.4 Å². The summed E-state index contributed by atoms with van der Waals surface area (Å²) in [5, 5.41) is 24.4. The lowest BCUT2D eigenvalue weighted by Crippen LogP contribution is -2.41. The van der Waals surface area contributed by atoms with Crippen molar-refractivity contribution in [2.24, 2.45) is 0 Å². The number of amides is 3. The summed E-state index contributed by atoms with van der Waals surface area (Å²) in [5.74, 6) is -1.51. The number of nitrogens with zero attached hydrogens (tertiary/aromatic N) is 1. The van der Waals surface area contributed by atoms with E-state index >= 15 is 0 Å². The van der Waals surface area contributed by atoms with Gasteiger partial charge in [0.25, 0.3) is 0 Å². The summed E-state index contributed by atoms with van der Waals surface area (Å²) >= 11 is 6.14. The Labute approximate surface area is 332 Å². The van der Waals surface area contributed by atoms with Crippen LogP contribution in [0.1, 0.15) is 155 Å². The Morgan fingerprint density at radius 1 is 0.788 bits per heavy atom. The number of likely N-dealkylation sites (N-methyl/N-ethyl adjacent to an activating group) is 1. The van der Waals surface area contributed by atoms with Crippen LogP contribution >= 0.6 is 35.7 Å². The van der Waals surface area contributed by atoms with Crippen molar-refractivity contribution in [3.05, 3.63) is 0 Å². The van der Waals surface area contributed by atoms with Gasteiger partial charge in [0.2, 0.25) is 17.7 Å². The largest absolute Gasteiger partial charge is 0.480 e. The standard InChI is InChI=1S/C30H55N3O6S.C6H11IN2O.CH4O/c1-25(35)26(33-40)19-16-17-23-31-28(36)22-21-27(30(38)39)32-29(37)20-15-13-11-9-7-5-3-2-4-6-8-10-12-14-18-24-34;1-8-6(10)5-3-2-4-9(5)7;1-2/h24,26-27,33,40H,2-23H2,1H3,(H,31,36)(H,32,37)(H,38,39);5H,2-4H2,1H3,(H,8,10);2H,1H3. The third kappa shape index (κ3) is 30.6. The highest BCUT2D eigenvalue weighted by atomic mass is 127. The number of unbranched alkanes of at least 4 members (excludes halogenated alkanes) is 15. The van der Waals surface area contributed by atoms with Crippen LogP contribution < -0.4 is 20.7 Å². The van der Waals surface area contributed by atoms with E-state index in [1.54, 1.807) is 7.05 Å². The molecule has 304 valence electrons. The van der Waals surface area contributed by atoms with Crippen LogP contribution in [0.4, 0.5) is 0 Å². The lowest BCUT2D eigenvalue weighted by molar-refractivity contribution is -0.142. The smallest absolute Gasteiger partial charge is 0.326 e. The number of carbonyl (C=O) groups excluding carboxylic acids is 5. The number of hydrogen-bond acceptors (Lipinski definition) is 10. The molecule has 0 spiro atoms. The first kappa shape index (κ1) is 52.3. The molecule has 13 nitrogen and oxygen atoms in total. The fraction of sp³-hybridized carbons (Fsp3) is 0.838. The highest BCUT2D eigenvalue weighted by Gasteiger charge is 2.27. The average molecular weight is 872 g/mol. The third-order valence-corrected chi connectivity index (χ3v) is 10.4. The van der Waals surface area contributed by atoms with Crippen molar-refractivity contribution >= 4 is 71.4 Å². The molecule has 15 heteroatoms. The van der Waals surface area contributed by atoms with Gasteiger partial charge >= 0.3 is 5.97 Å². The SMILES string of the molecule is CC(=O)C(CCCCNC(=O)CCC(NC(=O)CCCCCCCCCCCCCCCCC=O)C(=O)O)NS.CNC(=O)C1CCCN1I.CO. The van der Waals surface area contributed by atoms with Crippen molar-refractivity contribution in [3.63, 3.8) is 0 Å². The molecule has 1 rings (SSSR count). The number of ketones is 1. The van der Waals surface area contributed by atoms with Gasteiger partial charge in [-0.2, -0.15) is 0 Å². The summed E-state index contributed by atoms with van der Waals surface area (Å²) in [5.41, 5.74) is 0. The molecule has 6 N–H and O–H groups in total. The minimum absolute atomic E-state index is 0.0180. The van der Waals surface area contributed by atoms with Gasteiger partial charge in [-0.25, -0.2) is 7.91 Å². The highest BCUT2D eigenvalue weighted by molar-refractivity contribution is 14.1. The van der Waals surface area contributed by atoms with Crippen LogP contribution in [0.5, 0.6) is 0 Å². The predicted octanol–water partition coefficient (Wildman–Crippen LogP) is 5.61. The zero-order valence-corrected chi connectivity index (χ0v) is 35.2. The Morgan fingerprint density at radius 3 is 1.77 bits per heavy atom. The maximum atomic E-state index is 12.2. The van der Waals surface area contributed by atoms with Crippen LogP contribution in [0.3, 0.4) is 0 Å². The topological polar surface area (TPSA) is 194 Å². The van der Waals surface area contributed by atoms with Crippen LogP contribution in [-0.2, 0) is 28.8 Å². The molecule has 3 amide bonds. The first-order valence-electron chi connectivity index (χ1n) is 19.3. The van der Waals surface area contributed by atoms with E-state index in [9.17, 15) is 33.9 Å². The molecule has 0 saturated carbocycles. The number of aliphatic carboxylic acids is 1. The molecular formula is C37H70IN5O8S. The Bertz CT molecular complexity index is 965. The molecule has 1 heterocycles. The maximum Gasteiger partial charge on any atom is 0.326 e. The normalized spacial score (nSPS) is 14.8. The first-order chi connectivity index (χ1) is 25.1. The van der Waals surface area contributed by atoms with Crippen LogP contribution in [0.2, 0.25) is 0 Å². The number of carbonyl (C=O) groups is 6. The van der Waals surface area contributed by atoms with Crippen molar-refractivity contribution in [3.8, 4) is 0 Å². The predicted molar refractivity (Wildman–Crippen MR) is 218 cm³/mol. The van der Waals surface area contributed by atoms with E-state index in [0.29, 0.717) is 32.2 Å². The molecule has 3 atom stereocenters. The second kappa shape index (κ2) is 37.5. The number of carboxylic acid groups (broad SMARTS) is 1. The van der Waals surface area contributed by atoms with Crippen molar-refractivity contribution < 1.29 is 39.0 Å². The van der Waals surface area contributed by atoms with Gasteiger partial charge in [-0.05, 0) is 58.3 Å². The Kier molecular flexibility index (Phi) is 37.7. The summed E-state index contributed by atoms with van der Waals surface area (Å²) < 4.78 is 4.73. The average Bonchev–Trinajstić information content (AvgIpc) is 3.57. The molecule has 0 aromatic heterocycles. The Balaban J connectivity index is 0. The second-order valence-electron chi connectivity index (χ2n) is 13.2. The lowest BCUT2D eigenvalue weighted by atomic mass is 10.0. The molecular weight excluding hydrogens is 801 g/mol. The summed E-state index contributed by atoms with van der Waals surface area (Å²) in [6, 6.07) is -1.25. The molecule has 1 aliphatic heterocycles. The summed E-state index contributed by atoms with van der Waals surface area (Å²) in [6.45, 7) is 2.99. The second-order valence-corrected chi connectivity index (χ2v) is 14.7. The Morgan fingerprint density at radius 2 is 1.33 bits per heavy atom. The number of nitrogens with one attached hydrogen (secondary N) is 4. The van der Waals surface area contributed by atoms with Gasteiger partial charge in [-0.1, -0.05) is 89.9 Å². The van der Waals surface area contributed by atoms with Crippen molar-refractivity contribution in [2.75, 3.05) is 27.2 Å². The van der Waals surface area contributed by atoms with Crippen LogP contribution in [-0.4, -0.2) is 94.5 Å². The van der Waals surface area contributed by atoms with Crippen LogP contribution in [0.15, 0.2) is 0 Å². The van der Waals surface area contributed by atoms with Crippen molar-refractivity contribution in [1.82, 2.24) is 23.8 Å². The van der Waals surface area contributed by atoms with E-state index < -0.39 is 12.0 Å². The molecule has 0 aromatic carbocycles. The lowest BCUT2D eigenvalue weighted by Gasteiger charge is -2.15. The van der Waals surface area contributed by atoms with Crippen LogP contribution in [0.25, 0.3) is 0 Å². The van der Waals surface area contributed by atoms with E-state index in [1.807, 2.05) is 0 Å².